The van der Waals surface area contributed by atoms with E-state index < -0.39 is 76.7 Å². The molecule has 1 aliphatic rings. The lowest BCUT2D eigenvalue weighted by Crippen LogP contribution is -2.54. The van der Waals surface area contributed by atoms with E-state index in [0.29, 0.717) is 6.42 Å². The lowest BCUT2D eigenvalue weighted by atomic mass is 9.73. The van der Waals surface area contributed by atoms with Gasteiger partial charge in [0.05, 0.1) is 17.0 Å². The Balaban J connectivity index is 2.69. The Morgan fingerprint density at radius 1 is 0.930 bits per heavy atom. The third kappa shape index (κ3) is 7.14. The van der Waals surface area contributed by atoms with Crippen molar-refractivity contribution in [1.82, 2.24) is 9.97 Å². The largest absolute Gasteiger partial charge is 0.469 e. The van der Waals surface area contributed by atoms with Crippen LogP contribution in [0, 0.1) is 6.92 Å². The molecule has 0 spiro atoms. The molecule has 0 atom stereocenters. The Morgan fingerprint density at radius 2 is 1.44 bits per heavy atom. The molecule has 2 aromatic rings. The number of rotatable bonds is 11. The molecule has 0 saturated heterocycles. The Labute approximate surface area is 246 Å². The summed E-state index contributed by atoms with van der Waals surface area (Å²) in [4.78, 5) is 109. The van der Waals surface area contributed by atoms with Gasteiger partial charge in [0.15, 0.2) is 6.54 Å². The van der Waals surface area contributed by atoms with E-state index in [4.69, 9.17) is 5.73 Å². The fourth-order valence-corrected chi connectivity index (χ4v) is 13.8. The molecule has 0 aromatic carbocycles. The summed E-state index contributed by atoms with van der Waals surface area (Å²) in [5.74, 6) is -0.250. The SMILES string of the molecule is Cc1ncc(C[n+]2c(P(=O)(O)O)sc(C3(COP(=O)(O)O)CCCCC3)c2C(P(=O)(O)O)(P(=O)(O)O)P(=O)(O)O)c(N)n1. The first kappa shape index (κ1) is 36.7. The highest BCUT2D eigenvalue weighted by atomic mass is 32.1. The highest BCUT2D eigenvalue weighted by Crippen LogP contribution is 2.88. The van der Waals surface area contributed by atoms with Gasteiger partial charge in [-0.1, -0.05) is 30.6 Å². The van der Waals surface area contributed by atoms with E-state index in [1.165, 1.54) is 6.92 Å². The van der Waals surface area contributed by atoms with Crippen LogP contribution in [0.4, 0.5) is 5.82 Å². The van der Waals surface area contributed by atoms with Gasteiger partial charge in [-0.15, -0.1) is 0 Å². The first-order chi connectivity index (χ1) is 19.3. The van der Waals surface area contributed by atoms with Crippen molar-refractivity contribution in [3.05, 3.63) is 28.2 Å². The molecule has 3 rings (SSSR count). The average molecular weight is 733 g/mol. The van der Waals surface area contributed by atoms with Crippen molar-refractivity contribution >= 4 is 60.1 Å². The van der Waals surface area contributed by atoms with Gasteiger partial charge in [-0.3, -0.25) is 18.2 Å². The van der Waals surface area contributed by atoms with Crippen LogP contribution >= 0.6 is 49.5 Å². The molecule has 0 aliphatic heterocycles. The molecule has 20 nitrogen and oxygen atoms in total. The summed E-state index contributed by atoms with van der Waals surface area (Å²) in [6, 6.07) is 0. The summed E-state index contributed by atoms with van der Waals surface area (Å²) < 4.78 is 62.8. The van der Waals surface area contributed by atoms with E-state index in [1.54, 1.807) is 0 Å². The molecule has 0 radical (unpaired) electrons. The molecule has 244 valence electrons. The number of aryl methyl sites for hydroxylation is 1. The van der Waals surface area contributed by atoms with Crippen molar-refractivity contribution in [3.8, 4) is 0 Å². The molecule has 1 fully saturated rings. The minimum atomic E-state index is -6.77. The zero-order valence-electron chi connectivity index (χ0n) is 22.0. The van der Waals surface area contributed by atoms with Crippen molar-refractivity contribution in [2.45, 2.75) is 55.6 Å². The number of thiazole rings is 1. The maximum Gasteiger partial charge on any atom is 0.469 e. The van der Waals surface area contributed by atoms with Gasteiger partial charge in [-0.2, -0.15) is 4.57 Å². The number of nitrogens with zero attached hydrogens (tertiary/aromatic N) is 3. The van der Waals surface area contributed by atoms with Gasteiger partial charge in [0.25, 0.3) is 0 Å². The van der Waals surface area contributed by atoms with Crippen molar-refractivity contribution < 1.29 is 80.9 Å². The van der Waals surface area contributed by atoms with Gasteiger partial charge >= 0.3 is 47.6 Å². The molecule has 26 heteroatoms. The average Bonchev–Trinajstić information content (AvgIpc) is 3.17. The number of nitrogens with two attached hydrogens (primary N) is 1. The fraction of sp³-hybridized carbons (Fsp3) is 0.588. The molecule has 1 aliphatic carbocycles. The number of phosphoric acid groups is 1. The lowest BCUT2D eigenvalue weighted by Gasteiger charge is -2.38. The first-order valence-corrected chi connectivity index (χ1v) is 20.7. The summed E-state index contributed by atoms with van der Waals surface area (Å²) >= 11 is 0.00773. The highest BCUT2D eigenvalue weighted by molar-refractivity contribution is 7.87. The minimum Gasteiger partial charge on any atom is -0.383 e. The van der Waals surface area contributed by atoms with Crippen LogP contribution in [0.2, 0.25) is 0 Å². The maximum atomic E-state index is 13.1. The Morgan fingerprint density at radius 3 is 1.86 bits per heavy atom. The summed E-state index contributed by atoms with van der Waals surface area (Å²) in [6.45, 7) is -0.632. The van der Waals surface area contributed by atoms with Crippen LogP contribution < -0.4 is 15.0 Å². The number of aromatic nitrogens is 3. The number of nitrogen functional groups attached to an aromatic ring is 1. The Kier molecular flexibility index (Phi) is 10.3. The minimum absolute atomic E-state index is 0.00773. The molecule has 1 saturated carbocycles. The third-order valence-electron chi connectivity index (χ3n) is 6.84. The van der Waals surface area contributed by atoms with Crippen LogP contribution in [0.15, 0.2) is 6.20 Å². The molecule has 2 heterocycles. The van der Waals surface area contributed by atoms with E-state index in [-0.39, 0.29) is 58.8 Å². The van der Waals surface area contributed by atoms with Gasteiger partial charge in [0.1, 0.15) is 11.6 Å². The maximum absolute atomic E-state index is 13.1. The van der Waals surface area contributed by atoms with Crippen LogP contribution in [0.25, 0.3) is 0 Å². The number of hydrogen-bond donors (Lipinski definition) is 11. The second-order valence-corrected chi connectivity index (χ2v) is 20.3. The summed E-state index contributed by atoms with van der Waals surface area (Å²) in [5, 5.41) is 0. The van der Waals surface area contributed by atoms with E-state index in [1.807, 2.05) is 0 Å². The van der Waals surface area contributed by atoms with Crippen LogP contribution in [-0.2, 0) is 43.9 Å². The molecule has 43 heavy (non-hydrogen) atoms. The number of hydrogen-bond acceptors (Lipinski definition) is 10. The predicted octanol–water partition coefficient (Wildman–Crippen LogP) is -0.478. The van der Waals surface area contributed by atoms with E-state index in [9.17, 15) is 71.8 Å². The molecule has 0 unspecified atom stereocenters. The Bertz CT molecular complexity index is 1580. The normalized spacial score (nSPS) is 17.3. The molecule has 0 amide bonds. The van der Waals surface area contributed by atoms with Crippen molar-refractivity contribution in [2.75, 3.05) is 12.3 Å². The van der Waals surface area contributed by atoms with Crippen molar-refractivity contribution in [2.24, 2.45) is 0 Å². The molecule has 0 bridgehead atoms. The van der Waals surface area contributed by atoms with Crippen molar-refractivity contribution in [3.63, 3.8) is 0 Å². The second kappa shape index (κ2) is 12.1. The molecule has 12 N–H and O–H groups in total. The quantitative estimate of drug-likeness (QED) is 0.103. The van der Waals surface area contributed by atoms with E-state index in [0.717, 1.165) is 6.20 Å². The highest BCUT2D eigenvalue weighted by Gasteiger charge is 2.79. The predicted molar refractivity (Wildman–Crippen MR) is 147 cm³/mol. The van der Waals surface area contributed by atoms with Crippen molar-refractivity contribution in [1.29, 1.82) is 0 Å². The van der Waals surface area contributed by atoms with E-state index >= 15 is 0 Å². The van der Waals surface area contributed by atoms with Gasteiger partial charge in [-0.05, 0) is 19.8 Å². The van der Waals surface area contributed by atoms with Crippen LogP contribution in [0.1, 0.15) is 54.1 Å². The topological polar surface area (TPSA) is 353 Å². The first-order valence-electron chi connectivity index (χ1n) is 11.9. The van der Waals surface area contributed by atoms with Gasteiger partial charge in [0, 0.05) is 11.6 Å². The third-order valence-corrected chi connectivity index (χ3v) is 18.0. The summed E-state index contributed by atoms with van der Waals surface area (Å²) in [5.41, 5.74) is 2.19. The fourth-order valence-electron chi connectivity index (χ4n) is 5.07. The van der Waals surface area contributed by atoms with Gasteiger partial charge < -0.3 is 54.7 Å². The number of anilines is 1. The number of phosphoric ester groups is 1. The Hall–Kier alpha value is -0.780. The van der Waals surface area contributed by atoms with E-state index in [2.05, 4.69) is 14.5 Å². The smallest absolute Gasteiger partial charge is 0.383 e. The second-order valence-electron chi connectivity index (χ2n) is 9.89. The zero-order valence-corrected chi connectivity index (χ0v) is 27.3. The van der Waals surface area contributed by atoms with Crippen LogP contribution in [0.5, 0.6) is 0 Å². The molecule has 2 aromatic heterocycles. The monoisotopic (exact) mass is 733 g/mol. The van der Waals surface area contributed by atoms with Gasteiger partial charge in [-0.25, -0.2) is 19.1 Å². The van der Waals surface area contributed by atoms with Crippen LogP contribution in [-0.4, -0.2) is 65.5 Å². The summed E-state index contributed by atoms with van der Waals surface area (Å²) in [6.07, 6.45) is 1.52. The summed E-state index contributed by atoms with van der Waals surface area (Å²) in [7, 11) is -31.3. The zero-order chi connectivity index (χ0) is 33.0. The lowest BCUT2D eigenvalue weighted by molar-refractivity contribution is -0.675. The van der Waals surface area contributed by atoms with Crippen LogP contribution in [0.3, 0.4) is 0 Å². The standard InChI is InChI=1S/C17H29N4O16P5S/c1-10-19-7-11(14(18)20-10)8-21-12(17(39(25,26)27,40(28,29)30)41(31,32)33)13(43-15(21)38(22,23)24)16(5-3-2-4-6-16)9-37-42(34,35)36/h7H,2-6,8-9H2,1H3,(H11-,18,19,20,22,23,24,25,26,27,28,29,30,31,32,33,34,35,36)/p+1. The molecular weight excluding hydrogens is 703 g/mol. The molecular formula is C17H30N4O16P5S+. The van der Waals surface area contributed by atoms with Gasteiger partial charge in [0.2, 0.25) is 5.69 Å².